The number of nitrogens with zero attached hydrogens (tertiary/aromatic N) is 1. The molecule has 0 spiro atoms. The van der Waals surface area contributed by atoms with Crippen LogP contribution in [0.5, 0.6) is 0 Å². The van der Waals surface area contributed by atoms with Gasteiger partial charge in [0, 0.05) is 30.2 Å². The van der Waals surface area contributed by atoms with Crippen molar-refractivity contribution in [2.75, 3.05) is 13.7 Å². The van der Waals surface area contributed by atoms with Crippen molar-refractivity contribution in [2.24, 2.45) is 5.92 Å². The van der Waals surface area contributed by atoms with Gasteiger partial charge < -0.3 is 14.6 Å². The maximum atomic E-state index is 12.5. The Bertz CT molecular complexity index is 1040. The van der Waals surface area contributed by atoms with E-state index in [4.69, 9.17) is 4.74 Å². The molecule has 1 aromatic heterocycles. The highest BCUT2D eigenvalue weighted by molar-refractivity contribution is 5.97. The third kappa shape index (κ3) is 4.19. The SMILES string of the molecule is C[C@@H]1CCc2[nH]c3ccc(C(=O)OCC(=O)N(C)Cc4ccccc4)cc3c2C1. The van der Waals surface area contributed by atoms with Crippen molar-refractivity contribution in [3.63, 3.8) is 0 Å². The van der Waals surface area contributed by atoms with Gasteiger partial charge in [0.15, 0.2) is 6.61 Å². The van der Waals surface area contributed by atoms with Crippen LogP contribution >= 0.6 is 0 Å². The maximum Gasteiger partial charge on any atom is 0.338 e. The molecule has 0 saturated heterocycles. The van der Waals surface area contributed by atoms with Gasteiger partial charge in [0.1, 0.15) is 0 Å². The molecule has 1 aliphatic rings. The van der Waals surface area contributed by atoms with E-state index in [1.165, 1.54) is 17.7 Å². The van der Waals surface area contributed by atoms with Crippen LogP contribution in [0.25, 0.3) is 10.9 Å². The average Bonchev–Trinajstić information content (AvgIpc) is 3.09. The summed E-state index contributed by atoms with van der Waals surface area (Å²) >= 11 is 0. The third-order valence-corrected chi connectivity index (χ3v) is 5.69. The molecule has 1 heterocycles. The van der Waals surface area contributed by atoms with Crippen molar-refractivity contribution in [3.8, 4) is 0 Å². The van der Waals surface area contributed by atoms with Gasteiger partial charge >= 0.3 is 5.97 Å². The molecule has 1 N–H and O–H groups in total. The molecule has 0 radical (unpaired) electrons. The van der Waals surface area contributed by atoms with Crippen LogP contribution in [0.15, 0.2) is 48.5 Å². The number of hydrogen-bond donors (Lipinski definition) is 1. The van der Waals surface area contributed by atoms with Crippen molar-refractivity contribution in [1.29, 1.82) is 0 Å². The maximum absolute atomic E-state index is 12.5. The van der Waals surface area contributed by atoms with Crippen molar-refractivity contribution in [2.45, 2.75) is 32.7 Å². The number of fused-ring (bicyclic) bond motifs is 3. The molecule has 5 heteroatoms. The molecule has 0 fully saturated rings. The van der Waals surface area contributed by atoms with Gasteiger partial charge in [-0.2, -0.15) is 0 Å². The third-order valence-electron chi connectivity index (χ3n) is 5.69. The number of likely N-dealkylation sites (N-methyl/N-ethyl adjacent to an activating group) is 1. The minimum absolute atomic E-state index is 0.226. The van der Waals surface area contributed by atoms with Crippen LogP contribution in [-0.2, 0) is 28.9 Å². The molecule has 0 saturated carbocycles. The zero-order valence-electron chi connectivity index (χ0n) is 16.9. The number of aryl methyl sites for hydroxylation is 1. The quantitative estimate of drug-likeness (QED) is 0.667. The number of aromatic nitrogens is 1. The number of benzene rings is 2. The number of amides is 1. The largest absolute Gasteiger partial charge is 0.452 e. The van der Waals surface area contributed by atoms with Gasteiger partial charge in [-0.1, -0.05) is 37.3 Å². The molecule has 29 heavy (non-hydrogen) atoms. The Kier molecular flexibility index (Phi) is 5.38. The van der Waals surface area contributed by atoms with Gasteiger partial charge in [0.2, 0.25) is 0 Å². The molecule has 5 nitrogen and oxygen atoms in total. The highest BCUT2D eigenvalue weighted by Crippen LogP contribution is 2.32. The minimum Gasteiger partial charge on any atom is -0.452 e. The van der Waals surface area contributed by atoms with E-state index in [0.29, 0.717) is 18.0 Å². The Morgan fingerprint density at radius 3 is 2.76 bits per heavy atom. The Morgan fingerprint density at radius 1 is 1.17 bits per heavy atom. The lowest BCUT2D eigenvalue weighted by atomic mass is 9.87. The number of carbonyl (C=O) groups excluding carboxylic acids is 2. The van der Waals surface area contributed by atoms with Crippen LogP contribution in [0.4, 0.5) is 0 Å². The highest BCUT2D eigenvalue weighted by atomic mass is 16.5. The number of aromatic amines is 1. The Hall–Kier alpha value is -3.08. The summed E-state index contributed by atoms with van der Waals surface area (Å²) < 4.78 is 5.30. The van der Waals surface area contributed by atoms with Crippen LogP contribution in [-0.4, -0.2) is 35.4 Å². The average molecular weight is 390 g/mol. The molecular weight excluding hydrogens is 364 g/mol. The standard InChI is InChI=1S/C24H26N2O3/c1-16-8-10-21-19(12-16)20-13-18(9-11-22(20)25-21)24(28)29-15-23(27)26(2)14-17-6-4-3-5-7-17/h3-7,9,11,13,16,25H,8,10,12,14-15H2,1-2H3/t16-/m1/s1. The molecule has 2 aromatic carbocycles. The van der Waals surface area contributed by atoms with Crippen LogP contribution < -0.4 is 0 Å². The first-order valence-corrected chi connectivity index (χ1v) is 10.1. The number of hydrogen-bond acceptors (Lipinski definition) is 3. The summed E-state index contributed by atoms with van der Waals surface area (Å²) in [6, 6.07) is 15.3. The summed E-state index contributed by atoms with van der Waals surface area (Å²) in [4.78, 5) is 29.9. The molecule has 1 atom stereocenters. The summed E-state index contributed by atoms with van der Waals surface area (Å²) in [5.41, 5.74) is 5.16. The summed E-state index contributed by atoms with van der Waals surface area (Å²) in [5.74, 6) is -0.0434. The van der Waals surface area contributed by atoms with Crippen LogP contribution in [0.1, 0.15) is 40.5 Å². The van der Waals surface area contributed by atoms with E-state index in [2.05, 4.69) is 11.9 Å². The zero-order valence-corrected chi connectivity index (χ0v) is 16.9. The number of carbonyl (C=O) groups is 2. The summed E-state index contributed by atoms with van der Waals surface area (Å²) in [6.07, 6.45) is 3.26. The zero-order chi connectivity index (χ0) is 20.4. The lowest BCUT2D eigenvalue weighted by molar-refractivity contribution is -0.133. The molecule has 0 unspecified atom stereocenters. The molecule has 3 aromatic rings. The van der Waals surface area contributed by atoms with Crippen molar-refractivity contribution >= 4 is 22.8 Å². The van der Waals surface area contributed by atoms with E-state index >= 15 is 0 Å². The normalized spacial score (nSPS) is 15.7. The summed E-state index contributed by atoms with van der Waals surface area (Å²) in [7, 11) is 1.71. The van der Waals surface area contributed by atoms with Crippen LogP contribution in [0, 0.1) is 5.92 Å². The first-order valence-electron chi connectivity index (χ1n) is 10.1. The van der Waals surface area contributed by atoms with Gasteiger partial charge in [0.25, 0.3) is 5.91 Å². The number of ether oxygens (including phenoxy) is 1. The van der Waals surface area contributed by atoms with Gasteiger partial charge in [-0.3, -0.25) is 4.79 Å². The van der Waals surface area contributed by atoms with Crippen molar-refractivity contribution in [3.05, 3.63) is 70.9 Å². The van der Waals surface area contributed by atoms with Crippen molar-refractivity contribution in [1.82, 2.24) is 9.88 Å². The van der Waals surface area contributed by atoms with E-state index in [9.17, 15) is 9.59 Å². The first-order chi connectivity index (χ1) is 14.0. The van der Waals surface area contributed by atoms with Crippen molar-refractivity contribution < 1.29 is 14.3 Å². The fraction of sp³-hybridized carbons (Fsp3) is 0.333. The second-order valence-corrected chi connectivity index (χ2v) is 8.00. The summed E-state index contributed by atoms with van der Waals surface area (Å²) in [6.45, 7) is 2.48. The predicted molar refractivity (Wildman–Crippen MR) is 113 cm³/mol. The Labute approximate surface area is 170 Å². The molecule has 4 rings (SSSR count). The van der Waals surface area contributed by atoms with Gasteiger partial charge in [-0.25, -0.2) is 4.79 Å². The van der Waals surface area contributed by atoms with Gasteiger partial charge in [-0.15, -0.1) is 0 Å². The van der Waals surface area contributed by atoms with Crippen LogP contribution in [0.3, 0.4) is 0 Å². The fourth-order valence-corrected chi connectivity index (χ4v) is 3.98. The lowest BCUT2D eigenvalue weighted by Gasteiger charge is -2.18. The predicted octanol–water partition coefficient (Wildman–Crippen LogP) is 4.11. The van der Waals surface area contributed by atoms with Crippen LogP contribution in [0.2, 0.25) is 0 Å². The van der Waals surface area contributed by atoms with E-state index in [1.54, 1.807) is 18.0 Å². The molecular formula is C24H26N2O3. The number of nitrogens with one attached hydrogen (secondary N) is 1. The Morgan fingerprint density at radius 2 is 1.97 bits per heavy atom. The van der Waals surface area contributed by atoms with Gasteiger partial charge in [0.05, 0.1) is 5.56 Å². The molecule has 150 valence electrons. The second-order valence-electron chi connectivity index (χ2n) is 8.00. The smallest absolute Gasteiger partial charge is 0.338 e. The minimum atomic E-state index is -0.466. The first kappa shape index (κ1) is 19.2. The molecule has 1 aliphatic carbocycles. The number of H-pyrrole nitrogens is 1. The number of rotatable bonds is 5. The fourth-order valence-electron chi connectivity index (χ4n) is 3.98. The lowest BCUT2D eigenvalue weighted by Crippen LogP contribution is -2.30. The van der Waals surface area contributed by atoms with E-state index in [1.807, 2.05) is 42.5 Å². The monoisotopic (exact) mass is 390 g/mol. The molecule has 0 bridgehead atoms. The number of esters is 1. The van der Waals surface area contributed by atoms with E-state index in [0.717, 1.165) is 29.3 Å². The van der Waals surface area contributed by atoms with E-state index < -0.39 is 5.97 Å². The summed E-state index contributed by atoms with van der Waals surface area (Å²) in [5, 5.41) is 1.09. The second kappa shape index (κ2) is 8.11. The molecule has 1 amide bonds. The highest BCUT2D eigenvalue weighted by Gasteiger charge is 2.21. The van der Waals surface area contributed by atoms with E-state index in [-0.39, 0.29) is 12.5 Å². The Balaban J connectivity index is 1.41. The topological polar surface area (TPSA) is 62.4 Å². The van der Waals surface area contributed by atoms with Gasteiger partial charge in [-0.05, 0) is 54.5 Å². The molecule has 0 aliphatic heterocycles.